The second kappa shape index (κ2) is 5.53. The number of rotatable bonds is 2. The molecule has 0 N–H and O–H groups in total. The minimum atomic E-state index is 0.176. The van der Waals surface area contributed by atoms with E-state index >= 15 is 0 Å². The summed E-state index contributed by atoms with van der Waals surface area (Å²) < 4.78 is 5.55. The predicted octanol–water partition coefficient (Wildman–Crippen LogP) is 1.70. The number of hydrogen-bond acceptors (Lipinski definition) is 2. The molecule has 16 heavy (non-hydrogen) atoms. The molecule has 0 spiro atoms. The van der Waals surface area contributed by atoms with Crippen LogP contribution in [0.5, 0.6) is 0 Å². The van der Waals surface area contributed by atoms with E-state index in [9.17, 15) is 4.79 Å². The van der Waals surface area contributed by atoms with E-state index in [1.807, 2.05) is 16.8 Å². The van der Waals surface area contributed by atoms with Crippen molar-refractivity contribution < 1.29 is 9.53 Å². The van der Waals surface area contributed by atoms with Gasteiger partial charge in [-0.1, -0.05) is 0 Å². The third kappa shape index (κ3) is 2.88. The summed E-state index contributed by atoms with van der Waals surface area (Å²) in [7, 11) is 1.89. The van der Waals surface area contributed by atoms with Gasteiger partial charge >= 0.3 is 6.03 Å². The maximum atomic E-state index is 12.1. The Bertz CT molecular complexity index is 233. The molecule has 0 aromatic heterocycles. The quantitative estimate of drug-likeness (QED) is 0.718. The van der Waals surface area contributed by atoms with Crippen LogP contribution in [0.3, 0.4) is 0 Å². The lowest BCUT2D eigenvalue weighted by Crippen LogP contribution is -2.45. The standard InChI is InChI=1S/C12H22N2O2/c1-13(10-11-6-5-9-16-11)12(15)14-7-3-2-4-8-14/h11H,2-10H2,1H3. The zero-order chi connectivity index (χ0) is 11.4. The van der Waals surface area contributed by atoms with E-state index in [4.69, 9.17) is 4.74 Å². The molecule has 1 atom stereocenters. The van der Waals surface area contributed by atoms with Gasteiger partial charge < -0.3 is 14.5 Å². The van der Waals surface area contributed by atoms with Crippen molar-refractivity contribution in [2.75, 3.05) is 33.3 Å². The first-order valence-electron chi connectivity index (χ1n) is 6.39. The van der Waals surface area contributed by atoms with Crippen LogP contribution in [0.1, 0.15) is 32.1 Å². The lowest BCUT2D eigenvalue weighted by molar-refractivity contribution is 0.0785. The fourth-order valence-corrected chi connectivity index (χ4v) is 2.50. The van der Waals surface area contributed by atoms with Gasteiger partial charge in [0.15, 0.2) is 0 Å². The number of likely N-dealkylation sites (N-methyl/N-ethyl adjacent to an activating group) is 1. The van der Waals surface area contributed by atoms with E-state index in [2.05, 4.69) is 0 Å². The Hall–Kier alpha value is -0.770. The van der Waals surface area contributed by atoms with Crippen LogP contribution in [-0.2, 0) is 4.74 Å². The lowest BCUT2D eigenvalue weighted by atomic mass is 10.1. The topological polar surface area (TPSA) is 32.8 Å². The molecular formula is C12H22N2O2. The van der Waals surface area contributed by atoms with E-state index in [1.165, 1.54) is 6.42 Å². The fraction of sp³-hybridized carbons (Fsp3) is 0.917. The Kier molecular flexibility index (Phi) is 4.04. The van der Waals surface area contributed by atoms with Gasteiger partial charge in [0.25, 0.3) is 0 Å². The number of carbonyl (C=O) groups is 1. The number of amides is 2. The van der Waals surface area contributed by atoms with Gasteiger partial charge in [-0.2, -0.15) is 0 Å². The highest BCUT2D eigenvalue weighted by Gasteiger charge is 2.24. The van der Waals surface area contributed by atoms with E-state index < -0.39 is 0 Å². The number of hydrogen-bond donors (Lipinski definition) is 0. The summed E-state index contributed by atoms with van der Waals surface area (Å²) in [6.45, 7) is 3.45. The van der Waals surface area contributed by atoms with E-state index in [1.54, 1.807) is 0 Å². The zero-order valence-electron chi connectivity index (χ0n) is 10.2. The molecule has 0 aromatic carbocycles. The Morgan fingerprint density at radius 2 is 2.06 bits per heavy atom. The molecule has 2 heterocycles. The maximum Gasteiger partial charge on any atom is 0.319 e. The highest BCUT2D eigenvalue weighted by atomic mass is 16.5. The average Bonchev–Trinajstić information content (AvgIpc) is 2.82. The van der Waals surface area contributed by atoms with Gasteiger partial charge in [-0.15, -0.1) is 0 Å². The lowest BCUT2D eigenvalue weighted by Gasteiger charge is -2.31. The van der Waals surface area contributed by atoms with Crippen molar-refractivity contribution in [2.24, 2.45) is 0 Å². The summed E-state index contributed by atoms with van der Waals surface area (Å²) in [5.41, 5.74) is 0. The molecule has 2 aliphatic heterocycles. The summed E-state index contributed by atoms with van der Waals surface area (Å²) in [4.78, 5) is 15.9. The van der Waals surface area contributed by atoms with Crippen molar-refractivity contribution in [1.29, 1.82) is 0 Å². The molecule has 1 unspecified atom stereocenters. The largest absolute Gasteiger partial charge is 0.376 e. The molecule has 0 saturated carbocycles. The Balaban J connectivity index is 1.78. The van der Waals surface area contributed by atoms with Crippen molar-refractivity contribution in [2.45, 2.75) is 38.2 Å². The highest BCUT2D eigenvalue weighted by Crippen LogP contribution is 2.15. The van der Waals surface area contributed by atoms with E-state index in [0.717, 1.165) is 51.9 Å². The number of ether oxygens (including phenoxy) is 1. The molecule has 92 valence electrons. The monoisotopic (exact) mass is 226 g/mol. The van der Waals surface area contributed by atoms with E-state index in [0.29, 0.717) is 0 Å². The van der Waals surface area contributed by atoms with Gasteiger partial charge in [-0.25, -0.2) is 4.79 Å². The van der Waals surface area contributed by atoms with Crippen LogP contribution in [0, 0.1) is 0 Å². The normalized spacial score (nSPS) is 25.8. The maximum absolute atomic E-state index is 12.1. The summed E-state index contributed by atoms with van der Waals surface area (Å²) >= 11 is 0. The summed E-state index contributed by atoms with van der Waals surface area (Å²) in [6, 6.07) is 0.176. The van der Waals surface area contributed by atoms with Gasteiger partial charge in [0.1, 0.15) is 0 Å². The van der Waals surface area contributed by atoms with E-state index in [-0.39, 0.29) is 12.1 Å². The first-order chi connectivity index (χ1) is 7.77. The first-order valence-corrected chi connectivity index (χ1v) is 6.39. The molecule has 0 radical (unpaired) electrons. The van der Waals surface area contributed by atoms with Crippen molar-refractivity contribution in [3.8, 4) is 0 Å². The van der Waals surface area contributed by atoms with Gasteiger partial charge in [0.2, 0.25) is 0 Å². The smallest absolute Gasteiger partial charge is 0.319 e. The van der Waals surface area contributed by atoms with Crippen LogP contribution in [0.15, 0.2) is 0 Å². The fourth-order valence-electron chi connectivity index (χ4n) is 2.50. The van der Waals surface area contributed by atoms with Crippen molar-refractivity contribution in [3.05, 3.63) is 0 Å². The summed E-state index contributed by atoms with van der Waals surface area (Å²) in [5.74, 6) is 0. The predicted molar refractivity (Wildman–Crippen MR) is 62.4 cm³/mol. The zero-order valence-corrected chi connectivity index (χ0v) is 10.2. The molecule has 2 rings (SSSR count). The second-order valence-electron chi connectivity index (χ2n) is 4.85. The molecule has 2 fully saturated rings. The SMILES string of the molecule is CN(CC1CCCO1)C(=O)N1CCCCC1. The van der Waals surface area contributed by atoms with Gasteiger partial charge in [-0.05, 0) is 32.1 Å². The van der Waals surface area contributed by atoms with Crippen LogP contribution in [0.25, 0.3) is 0 Å². The average molecular weight is 226 g/mol. The van der Waals surface area contributed by atoms with Crippen molar-refractivity contribution >= 4 is 6.03 Å². The molecule has 0 aromatic rings. The minimum absolute atomic E-state index is 0.176. The van der Waals surface area contributed by atoms with Gasteiger partial charge in [0, 0.05) is 33.3 Å². The van der Waals surface area contributed by atoms with Crippen LogP contribution >= 0.6 is 0 Å². The molecule has 4 nitrogen and oxygen atoms in total. The first kappa shape index (κ1) is 11.7. The molecule has 0 aliphatic carbocycles. The molecular weight excluding hydrogens is 204 g/mol. The van der Waals surface area contributed by atoms with Crippen LogP contribution in [0.4, 0.5) is 4.79 Å². The summed E-state index contributed by atoms with van der Waals surface area (Å²) in [6.07, 6.45) is 6.06. The number of piperidine rings is 1. The molecule has 4 heteroatoms. The Morgan fingerprint density at radius 1 is 1.31 bits per heavy atom. The number of likely N-dealkylation sites (tertiary alicyclic amines) is 1. The minimum Gasteiger partial charge on any atom is -0.376 e. The number of urea groups is 1. The Labute approximate surface area is 97.5 Å². The number of nitrogens with zero attached hydrogens (tertiary/aromatic N) is 2. The highest BCUT2D eigenvalue weighted by molar-refractivity contribution is 5.74. The van der Waals surface area contributed by atoms with Crippen molar-refractivity contribution in [3.63, 3.8) is 0 Å². The molecule has 2 amide bonds. The van der Waals surface area contributed by atoms with Crippen LogP contribution in [-0.4, -0.2) is 55.2 Å². The Morgan fingerprint density at radius 3 is 2.69 bits per heavy atom. The summed E-state index contributed by atoms with van der Waals surface area (Å²) in [5, 5.41) is 0. The third-order valence-corrected chi connectivity index (χ3v) is 3.45. The second-order valence-corrected chi connectivity index (χ2v) is 4.85. The molecule has 2 aliphatic rings. The molecule has 2 saturated heterocycles. The van der Waals surface area contributed by atoms with Gasteiger partial charge in [-0.3, -0.25) is 0 Å². The third-order valence-electron chi connectivity index (χ3n) is 3.45. The molecule has 0 bridgehead atoms. The van der Waals surface area contributed by atoms with Crippen LogP contribution < -0.4 is 0 Å². The van der Waals surface area contributed by atoms with Crippen molar-refractivity contribution in [1.82, 2.24) is 9.80 Å². The van der Waals surface area contributed by atoms with Gasteiger partial charge in [0.05, 0.1) is 6.10 Å². The number of carbonyl (C=O) groups excluding carboxylic acids is 1. The van der Waals surface area contributed by atoms with Crippen LogP contribution in [0.2, 0.25) is 0 Å².